The largest absolute Gasteiger partial charge is 0.497 e. The minimum absolute atomic E-state index is 0.183. The van der Waals surface area contributed by atoms with Gasteiger partial charge in [0.2, 0.25) is 0 Å². The van der Waals surface area contributed by atoms with Gasteiger partial charge < -0.3 is 23.8 Å². The monoisotopic (exact) mass is 537 g/mol. The average Bonchev–Trinajstić information content (AvgIpc) is 3.01. The van der Waals surface area contributed by atoms with E-state index < -0.39 is 18.2 Å². The van der Waals surface area contributed by atoms with E-state index in [1.54, 1.807) is 38.2 Å². The van der Waals surface area contributed by atoms with Crippen molar-refractivity contribution in [3.63, 3.8) is 0 Å². The van der Waals surface area contributed by atoms with Crippen molar-refractivity contribution >= 4 is 29.2 Å². The van der Waals surface area contributed by atoms with Gasteiger partial charge in [0.15, 0.2) is 0 Å². The molecule has 0 N–H and O–H groups in total. The second-order valence-corrected chi connectivity index (χ2v) is 9.54. The number of carbonyl (C=O) groups excluding carboxylic acids is 2. The molecule has 2 atom stereocenters. The molecule has 1 aliphatic heterocycles. The van der Waals surface area contributed by atoms with Crippen molar-refractivity contribution in [1.82, 2.24) is 0 Å². The first-order valence-corrected chi connectivity index (χ1v) is 12.8. The standard InChI is InChI=1S/C30H32ClNO6/c1-6-37-28(33)16-27-30(34)32(17-20-10-12-22(35-4)15-26(20)36-5)25-13-11-21(31)14-24(25)29(38-27)23-9-7-8-18(2)19(23)3/h7-15,27,29H,6,16-17H2,1-5H3/t27-,29-/m1/s1. The lowest BCUT2D eigenvalue weighted by atomic mass is 9.93. The highest BCUT2D eigenvalue weighted by Crippen LogP contribution is 2.42. The SMILES string of the molecule is CCOC(=O)C[C@H]1O[C@H](c2cccc(C)c2C)c2cc(Cl)ccc2N(Cc2ccc(OC)cc2OC)C1=O. The average molecular weight is 538 g/mol. The van der Waals surface area contributed by atoms with E-state index in [2.05, 4.69) is 0 Å². The summed E-state index contributed by atoms with van der Waals surface area (Å²) in [4.78, 5) is 28.3. The van der Waals surface area contributed by atoms with Crippen molar-refractivity contribution in [2.24, 2.45) is 0 Å². The number of aryl methyl sites for hydroxylation is 1. The summed E-state index contributed by atoms with van der Waals surface area (Å²) >= 11 is 6.47. The molecule has 0 radical (unpaired) electrons. The van der Waals surface area contributed by atoms with E-state index in [0.717, 1.165) is 27.8 Å². The molecule has 0 unspecified atom stereocenters. The molecule has 0 bridgehead atoms. The highest BCUT2D eigenvalue weighted by Gasteiger charge is 2.39. The summed E-state index contributed by atoms with van der Waals surface area (Å²) in [6.07, 6.45) is -1.92. The minimum Gasteiger partial charge on any atom is -0.497 e. The van der Waals surface area contributed by atoms with Gasteiger partial charge >= 0.3 is 5.97 Å². The Hall–Kier alpha value is -3.55. The Kier molecular flexibility index (Phi) is 8.59. The number of ether oxygens (including phenoxy) is 4. The summed E-state index contributed by atoms with van der Waals surface area (Å²) in [5.74, 6) is 0.355. The van der Waals surface area contributed by atoms with E-state index in [-0.39, 0.29) is 25.5 Å². The first kappa shape index (κ1) is 27.5. The van der Waals surface area contributed by atoms with Gasteiger partial charge in [0.1, 0.15) is 23.7 Å². The Bertz CT molecular complexity index is 1340. The van der Waals surface area contributed by atoms with Crippen LogP contribution in [0.1, 0.15) is 47.3 Å². The lowest BCUT2D eigenvalue weighted by molar-refractivity contribution is -0.151. The van der Waals surface area contributed by atoms with Crippen LogP contribution in [0.5, 0.6) is 11.5 Å². The first-order valence-electron chi connectivity index (χ1n) is 12.5. The highest BCUT2D eigenvalue weighted by molar-refractivity contribution is 6.30. The molecule has 0 spiro atoms. The number of rotatable bonds is 8. The molecule has 0 saturated carbocycles. The van der Waals surface area contributed by atoms with Crippen LogP contribution < -0.4 is 14.4 Å². The maximum atomic E-state index is 14.1. The number of esters is 1. The summed E-state index contributed by atoms with van der Waals surface area (Å²) < 4.78 is 22.6. The highest BCUT2D eigenvalue weighted by atomic mass is 35.5. The molecule has 0 fully saturated rings. The Balaban J connectivity index is 1.88. The van der Waals surface area contributed by atoms with Crippen molar-refractivity contribution in [1.29, 1.82) is 0 Å². The van der Waals surface area contributed by atoms with Crippen molar-refractivity contribution in [3.8, 4) is 11.5 Å². The molecule has 8 heteroatoms. The van der Waals surface area contributed by atoms with Crippen LogP contribution in [0, 0.1) is 13.8 Å². The quantitative estimate of drug-likeness (QED) is 0.331. The minimum atomic E-state index is -1.07. The zero-order chi connectivity index (χ0) is 27.4. The Labute approximate surface area is 228 Å². The summed E-state index contributed by atoms with van der Waals surface area (Å²) in [5.41, 5.74) is 5.18. The van der Waals surface area contributed by atoms with E-state index in [4.69, 9.17) is 30.5 Å². The second kappa shape index (κ2) is 11.9. The van der Waals surface area contributed by atoms with Gasteiger partial charge in [-0.2, -0.15) is 0 Å². The summed E-state index contributed by atoms with van der Waals surface area (Å²) in [6.45, 7) is 6.17. The number of benzene rings is 3. The van der Waals surface area contributed by atoms with Crippen molar-refractivity contribution in [3.05, 3.63) is 87.4 Å². The maximum Gasteiger partial charge on any atom is 0.308 e. The van der Waals surface area contributed by atoms with E-state index in [1.807, 2.05) is 56.3 Å². The topological polar surface area (TPSA) is 74.3 Å². The van der Waals surface area contributed by atoms with Crippen molar-refractivity contribution in [2.45, 2.75) is 45.9 Å². The van der Waals surface area contributed by atoms with Crippen LogP contribution in [0.25, 0.3) is 0 Å². The number of halogens is 1. The molecule has 3 aromatic carbocycles. The Morgan fingerprint density at radius 3 is 2.53 bits per heavy atom. The predicted octanol–water partition coefficient (Wildman–Crippen LogP) is 5.95. The number of methoxy groups -OCH3 is 2. The third-order valence-corrected chi connectivity index (χ3v) is 7.05. The molecule has 38 heavy (non-hydrogen) atoms. The molecule has 0 aliphatic carbocycles. The first-order chi connectivity index (χ1) is 18.3. The molecular formula is C30H32ClNO6. The van der Waals surface area contributed by atoms with Crippen LogP contribution in [-0.4, -0.2) is 38.8 Å². The van der Waals surface area contributed by atoms with Gasteiger partial charge in [-0.05, 0) is 67.8 Å². The van der Waals surface area contributed by atoms with E-state index in [1.165, 1.54) is 0 Å². The number of carbonyl (C=O) groups is 2. The van der Waals surface area contributed by atoms with Crippen LogP contribution in [0.15, 0.2) is 54.6 Å². The summed E-state index contributed by atoms with van der Waals surface area (Å²) in [7, 11) is 3.15. The van der Waals surface area contributed by atoms with Crippen molar-refractivity contribution in [2.75, 3.05) is 25.7 Å². The normalized spacial score (nSPS) is 17.0. The lowest BCUT2D eigenvalue weighted by Gasteiger charge is -2.26. The zero-order valence-electron chi connectivity index (χ0n) is 22.2. The molecular weight excluding hydrogens is 506 g/mol. The molecule has 4 rings (SSSR count). The fourth-order valence-electron chi connectivity index (χ4n) is 4.69. The van der Waals surface area contributed by atoms with Crippen LogP contribution in [0.4, 0.5) is 5.69 Å². The maximum absolute atomic E-state index is 14.1. The third kappa shape index (κ3) is 5.64. The molecule has 1 amide bonds. The molecule has 200 valence electrons. The van der Waals surface area contributed by atoms with Gasteiger partial charge in [-0.25, -0.2) is 0 Å². The van der Waals surface area contributed by atoms with Crippen LogP contribution in [0.3, 0.4) is 0 Å². The van der Waals surface area contributed by atoms with Crippen LogP contribution in [-0.2, 0) is 25.6 Å². The number of anilines is 1. The third-order valence-electron chi connectivity index (χ3n) is 6.81. The van der Waals surface area contributed by atoms with E-state index in [0.29, 0.717) is 22.2 Å². The number of hydrogen-bond acceptors (Lipinski definition) is 6. The molecule has 0 aromatic heterocycles. The van der Waals surface area contributed by atoms with Crippen LogP contribution >= 0.6 is 11.6 Å². The van der Waals surface area contributed by atoms with Gasteiger partial charge in [-0.3, -0.25) is 9.59 Å². The van der Waals surface area contributed by atoms with Gasteiger partial charge in [-0.1, -0.05) is 29.8 Å². The van der Waals surface area contributed by atoms with E-state index in [9.17, 15) is 9.59 Å². The van der Waals surface area contributed by atoms with Gasteiger partial charge in [0.25, 0.3) is 5.91 Å². The number of nitrogens with zero attached hydrogens (tertiary/aromatic N) is 1. The fourth-order valence-corrected chi connectivity index (χ4v) is 4.87. The Morgan fingerprint density at radius 1 is 1.03 bits per heavy atom. The predicted molar refractivity (Wildman–Crippen MR) is 146 cm³/mol. The summed E-state index contributed by atoms with van der Waals surface area (Å²) in [6, 6.07) is 16.8. The number of hydrogen-bond donors (Lipinski definition) is 0. The molecule has 7 nitrogen and oxygen atoms in total. The van der Waals surface area contributed by atoms with Gasteiger partial charge in [0, 0.05) is 22.2 Å². The molecule has 1 aliphatic rings. The van der Waals surface area contributed by atoms with Gasteiger partial charge in [0.05, 0.1) is 39.5 Å². The smallest absolute Gasteiger partial charge is 0.308 e. The second-order valence-electron chi connectivity index (χ2n) is 9.11. The number of amides is 1. The molecule has 3 aromatic rings. The Morgan fingerprint density at radius 2 is 1.82 bits per heavy atom. The summed E-state index contributed by atoms with van der Waals surface area (Å²) in [5, 5.41) is 0.515. The van der Waals surface area contributed by atoms with E-state index >= 15 is 0 Å². The number of fused-ring (bicyclic) bond motifs is 1. The molecule has 1 heterocycles. The lowest BCUT2D eigenvalue weighted by Crippen LogP contribution is -2.40. The van der Waals surface area contributed by atoms with Crippen molar-refractivity contribution < 1.29 is 28.5 Å². The molecule has 0 saturated heterocycles. The fraction of sp³-hybridized carbons (Fsp3) is 0.333. The van der Waals surface area contributed by atoms with Gasteiger partial charge in [-0.15, -0.1) is 0 Å². The van der Waals surface area contributed by atoms with Crippen LogP contribution in [0.2, 0.25) is 5.02 Å². The zero-order valence-corrected chi connectivity index (χ0v) is 23.0.